The zero-order valence-electron chi connectivity index (χ0n) is 22.2. The summed E-state index contributed by atoms with van der Waals surface area (Å²) in [6.07, 6.45) is 0. The summed E-state index contributed by atoms with van der Waals surface area (Å²) in [6, 6.07) is 0. The van der Waals surface area contributed by atoms with Crippen LogP contribution in [0.4, 0.5) is 0 Å². The first-order valence-corrected chi connectivity index (χ1v) is 41.7. The minimum Gasteiger partial charge on any atom is 0 e. The van der Waals surface area contributed by atoms with Crippen LogP contribution in [0.1, 0.15) is 0 Å². The van der Waals surface area contributed by atoms with Crippen molar-refractivity contribution in [2.45, 2.75) is 0 Å². The third-order valence-corrected chi connectivity index (χ3v) is 46.9. The summed E-state index contributed by atoms with van der Waals surface area (Å²) in [6.45, 7) is 0. The Bertz CT molecular complexity index is 1930. The topological polar surface area (TPSA) is 723 Å². The summed E-state index contributed by atoms with van der Waals surface area (Å²) in [7, 11) is -5.39. The third-order valence-electron chi connectivity index (χ3n) is 1.34. The predicted octanol–water partition coefficient (Wildman–Crippen LogP) is -14.3. The van der Waals surface area contributed by atoms with Crippen LogP contribution in [0.15, 0.2) is 0 Å². The predicted molar refractivity (Wildman–Crippen MR) is 46.0 cm³/mol. The van der Waals surface area contributed by atoms with Crippen LogP contribution < -0.4 is 29.7 Å². The fourth-order valence-electron chi connectivity index (χ4n) is 0.891. The van der Waals surface area contributed by atoms with Crippen molar-refractivity contribution in [1.29, 1.82) is 0 Å². The van der Waals surface area contributed by atoms with Gasteiger partial charge in [0.05, 0.1) is 0 Å². The average Bonchev–Trinajstić information content (AvgIpc) is 2.44. The summed E-state index contributed by atoms with van der Waals surface area (Å²) < 4.78 is 270. The Labute approximate surface area is 347 Å². The second-order valence-electron chi connectivity index (χ2n) is 5.09. The van der Waals surface area contributed by atoms with Crippen LogP contribution in [0, 0.1) is 0 Å². The summed E-state index contributed by atoms with van der Waals surface area (Å²) in [4.78, 5) is 25.6. The van der Waals surface area contributed by atoms with Crippen LogP contribution in [0.2, 0.25) is 0 Å². The van der Waals surface area contributed by atoms with E-state index in [0.29, 0.717) is 0 Å². The van der Waals surface area contributed by atoms with Gasteiger partial charge < -0.3 is 41.2 Å². The molecule has 0 bridgehead atoms. The van der Waals surface area contributed by atoms with Gasteiger partial charge in [-0.2, -0.15) is 7.82 Å². The smallest absolute Gasteiger partial charge is 0 e. The zero-order valence-corrected chi connectivity index (χ0v) is 45.9. The van der Waals surface area contributed by atoms with Crippen molar-refractivity contribution < 1.29 is 346 Å². The molecule has 2 aliphatic rings. The van der Waals surface area contributed by atoms with Gasteiger partial charge in [-0.05, 0) is 0 Å². The van der Waals surface area contributed by atoms with Crippen LogP contribution >= 0.6 is 7.82 Å². The minimum absolute atomic E-state index is 0. The molecule has 0 saturated carbocycles. The number of hydrogen-bond donors (Lipinski definition) is 1. The molecule has 0 aromatic rings. The van der Waals surface area contributed by atoms with Crippen LogP contribution in [0.25, 0.3) is 0 Å². The Morgan fingerprint density at radius 1 is 0.415 bits per heavy atom. The van der Waals surface area contributed by atoms with Crippen molar-refractivity contribution in [3.8, 4) is 0 Å². The molecule has 0 aromatic heterocycles. The van der Waals surface area contributed by atoms with Crippen LogP contribution in [0.5, 0.6) is 0 Å². The van der Waals surface area contributed by atoms with E-state index in [9.17, 15) is 79.6 Å². The molecule has 40 nitrogen and oxygen atoms in total. The molecule has 2 aliphatic heterocycles. The van der Waals surface area contributed by atoms with E-state index in [0.717, 1.165) is 0 Å². The van der Waals surface area contributed by atoms with Gasteiger partial charge in [0.1, 0.15) is 0 Å². The first kappa shape index (κ1) is 77.3. The molecule has 0 unspecified atom stereocenters. The number of rotatable bonds is 4. The van der Waals surface area contributed by atoms with Crippen molar-refractivity contribution in [2.24, 2.45) is 0 Å². The maximum Gasteiger partial charge on any atom is 0 e. The van der Waals surface area contributed by atoms with E-state index in [1.807, 2.05) is 0 Å². The summed E-state index contributed by atoms with van der Waals surface area (Å²) in [5, 5.41) is 0. The Morgan fingerprint density at radius 3 is 0.604 bits per heavy atom. The Hall–Kier alpha value is 3.68. The van der Waals surface area contributed by atoms with Crippen LogP contribution in [-0.4, -0.2) is 25.7 Å². The van der Waals surface area contributed by atoms with Crippen LogP contribution in [0.3, 0.4) is 0 Å². The monoisotopic (exact) mass is 1760 g/mol. The first-order chi connectivity index (χ1) is 19.7. The maximum atomic E-state index is 10.5. The van der Waals surface area contributed by atoms with Gasteiger partial charge in [0.2, 0.25) is 0 Å². The van der Waals surface area contributed by atoms with Gasteiger partial charge in [0, 0.05) is 37.1 Å². The fourth-order valence-corrected chi connectivity index (χ4v) is 42.9. The van der Waals surface area contributed by atoms with Crippen molar-refractivity contribution in [3.63, 3.8) is 0 Å². The molecule has 0 amide bonds. The van der Waals surface area contributed by atoms with Gasteiger partial charge in [0.25, 0.3) is 0 Å². The summed E-state index contributed by atoms with van der Waals surface area (Å²) in [5.41, 5.74) is 0. The quantitative estimate of drug-likeness (QED) is 0.202. The van der Waals surface area contributed by atoms with Gasteiger partial charge >= 0.3 is 268 Å². The number of hydrogen-bond acceptors (Lipinski definition) is 35. The van der Waals surface area contributed by atoms with E-state index in [2.05, 4.69) is 16.3 Å². The fraction of sp³-hybridized carbons (Fsp3) is 0. The zero-order chi connectivity index (χ0) is 39.2. The second-order valence-corrected chi connectivity index (χ2v) is 44.7. The summed E-state index contributed by atoms with van der Waals surface area (Å²) >= 11 is -61.6. The largest absolute Gasteiger partial charge is 0 e. The molecule has 0 spiro atoms. The Morgan fingerprint density at radius 2 is 0.528 bits per heavy atom. The van der Waals surface area contributed by atoms with Gasteiger partial charge in [-0.15, -0.1) is 0 Å². The molecule has 0 atom stereocenters. The molecule has 2 saturated heterocycles. The molecule has 2 fully saturated rings. The Kier molecular flexibility index (Phi) is 40.2. The molecular weight excluding hydrogens is 1730 g/mol. The molecule has 53 heavy (non-hydrogen) atoms. The van der Waals surface area contributed by atoms with Crippen molar-refractivity contribution in [2.75, 3.05) is 0 Å². The van der Waals surface area contributed by atoms with E-state index in [-0.39, 0.29) is 59.0 Å². The second kappa shape index (κ2) is 27.6. The molecular formula is H9Mo10O40PV2-7. The molecule has 2 radical (unpaired) electrons. The molecule has 9 N–H and O–H groups in total. The van der Waals surface area contributed by atoms with Crippen molar-refractivity contribution in [3.05, 3.63) is 0 Å². The van der Waals surface area contributed by atoms with Gasteiger partial charge in [0.15, 0.2) is 0 Å². The van der Waals surface area contributed by atoms with E-state index >= 15 is 0 Å². The standard InChI is InChI=1S/10Mo.H3O4P.5H2O.31O.2V/c;;;;;;;;;;1-5(2,3)4;;;;;;;;;;;;;;;;;;;;;;;;;;;;;;;;;;;;;;/h;;;;;;;;;;(H3,1,2,3,4);5*1H2;;;;;;;;;;;;;;;;;;;;;;;;;;;;;;;;;/q;;;;;;;;;+1;;;;;;;;;;;;;;;;;;;;;;;;;;;;;;;;;;4*-1;;/p-4. The molecule has 0 aromatic carbocycles. The van der Waals surface area contributed by atoms with E-state index < -0.39 is 176 Å². The molecule has 2 rings (SSSR count). The van der Waals surface area contributed by atoms with E-state index in [1.165, 1.54) is 0 Å². The third kappa shape index (κ3) is 60.1. The minimum atomic E-state index is -6.37. The Balaban J connectivity index is -0.0000000649. The molecule has 2 heterocycles. The van der Waals surface area contributed by atoms with E-state index in [4.69, 9.17) is 23.0 Å². The SMILES string of the molecule is O.O.O.O.O=P([O-])([O-])[O-].[O]=[Mo](=[O])([O-])[O][Mo](=[O])(=[O])[O-].[O]=[Mo](=[O])([O-])[O][Mo](=[O])(=[O])[O-].[O]=[Mo]1(=[O])[O][Mo](=[O])(=[O])[O][Mo](=[O])(=[O])[O]1.[O]=[Mo]1([OH])[O][Mo](=[O])(=[O])[O][Mo](=[O])(=[O])[O]1.[V].[V]. The van der Waals surface area contributed by atoms with Gasteiger partial charge in [-0.25, -0.2) is 0 Å². The number of phosphoric acid groups is 1. The summed E-state index contributed by atoms with van der Waals surface area (Å²) in [5.74, 6) is 0. The molecule has 331 valence electrons. The molecule has 53 heteroatoms. The van der Waals surface area contributed by atoms with Crippen molar-refractivity contribution in [1.82, 2.24) is 0 Å². The average molecular weight is 1740 g/mol. The molecule has 0 aliphatic carbocycles. The van der Waals surface area contributed by atoms with Crippen molar-refractivity contribution >= 4 is 7.82 Å². The van der Waals surface area contributed by atoms with E-state index in [1.54, 1.807) is 0 Å². The van der Waals surface area contributed by atoms with Crippen LogP contribution in [-0.2, 0) is 290 Å². The van der Waals surface area contributed by atoms with Gasteiger partial charge in [-0.3, -0.25) is 0 Å². The first-order valence-electron chi connectivity index (χ1n) is 7.41. The van der Waals surface area contributed by atoms with Gasteiger partial charge in [-0.1, -0.05) is 0 Å². The maximum absolute atomic E-state index is 10.5. The normalized spacial score (nSPS) is 19.8.